The molecule has 1 atom stereocenters. The molecule has 0 amide bonds. The van der Waals surface area contributed by atoms with Crippen molar-refractivity contribution in [3.05, 3.63) is 42.0 Å². The molecule has 2 N–H and O–H groups in total. The monoisotopic (exact) mass is 472 g/mol. The van der Waals surface area contributed by atoms with Crippen molar-refractivity contribution in [1.82, 2.24) is 34.6 Å². The van der Waals surface area contributed by atoms with Crippen LogP contribution in [-0.2, 0) is 13.5 Å². The number of benzene rings is 1. The van der Waals surface area contributed by atoms with E-state index in [1.807, 2.05) is 37.0 Å². The first-order valence-electron chi connectivity index (χ1n) is 12.6. The summed E-state index contributed by atoms with van der Waals surface area (Å²) in [4.78, 5) is 20.1. The number of anilines is 2. The van der Waals surface area contributed by atoms with E-state index in [0.29, 0.717) is 18.6 Å². The molecular formula is C26H32N8O. The minimum atomic E-state index is 0.458. The summed E-state index contributed by atoms with van der Waals surface area (Å²) in [6.45, 7) is 4.98. The third kappa shape index (κ3) is 4.60. The van der Waals surface area contributed by atoms with Gasteiger partial charge < -0.3 is 15.0 Å². The second kappa shape index (κ2) is 9.30. The zero-order valence-corrected chi connectivity index (χ0v) is 20.4. The van der Waals surface area contributed by atoms with Crippen LogP contribution in [0.3, 0.4) is 0 Å². The van der Waals surface area contributed by atoms with Crippen molar-refractivity contribution < 1.29 is 4.74 Å². The normalized spacial score (nSPS) is 19.3. The molecule has 5 bridgehead atoms. The Morgan fingerprint density at radius 2 is 1.94 bits per heavy atom. The van der Waals surface area contributed by atoms with Crippen LogP contribution in [0.2, 0.25) is 0 Å². The van der Waals surface area contributed by atoms with Gasteiger partial charge in [-0.2, -0.15) is 5.10 Å². The van der Waals surface area contributed by atoms with Gasteiger partial charge in [0.05, 0.1) is 17.2 Å². The second-order valence-electron chi connectivity index (χ2n) is 9.69. The minimum Gasteiger partial charge on any atom is -0.488 e. The first-order chi connectivity index (χ1) is 17.1. The Morgan fingerprint density at radius 1 is 1.03 bits per heavy atom. The molecule has 0 radical (unpaired) electrons. The Hall–Kier alpha value is -3.46. The third-order valence-corrected chi connectivity index (χ3v) is 7.08. The summed E-state index contributed by atoms with van der Waals surface area (Å²) in [6.07, 6.45) is 8.58. The zero-order chi connectivity index (χ0) is 23.8. The number of rotatable bonds is 0. The Morgan fingerprint density at radius 3 is 2.89 bits per heavy atom. The first kappa shape index (κ1) is 22.0. The van der Waals surface area contributed by atoms with E-state index in [9.17, 15) is 0 Å². The van der Waals surface area contributed by atoms with E-state index in [2.05, 4.69) is 37.4 Å². The minimum absolute atomic E-state index is 0.458. The molecule has 2 aliphatic heterocycles. The first-order valence-corrected chi connectivity index (χ1v) is 12.6. The van der Waals surface area contributed by atoms with Crippen LogP contribution in [-0.4, -0.2) is 60.4 Å². The lowest BCUT2D eigenvalue weighted by Crippen LogP contribution is -2.35. The van der Waals surface area contributed by atoms with Crippen LogP contribution in [0, 0.1) is 6.92 Å². The van der Waals surface area contributed by atoms with E-state index in [-0.39, 0.29) is 0 Å². The van der Waals surface area contributed by atoms with Crippen LogP contribution in [0.15, 0.2) is 30.5 Å². The van der Waals surface area contributed by atoms with Gasteiger partial charge in [-0.15, -0.1) is 0 Å². The number of aromatic nitrogens is 6. The molecule has 1 saturated heterocycles. The topological polar surface area (TPSA) is 96.8 Å². The van der Waals surface area contributed by atoms with E-state index < -0.39 is 0 Å². The van der Waals surface area contributed by atoms with Gasteiger partial charge in [-0.3, -0.25) is 9.58 Å². The molecule has 5 heterocycles. The van der Waals surface area contributed by atoms with Gasteiger partial charge in [-0.25, -0.2) is 15.0 Å². The van der Waals surface area contributed by atoms with Crippen molar-refractivity contribution in [1.29, 1.82) is 0 Å². The van der Waals surface area contributed by atoms with Gasteiger partial charge in [0.15, 0.2) is 5.75 Å². The maximum Gasteiger partial charge on any atom is 0.206 e. The molecule has 0 aliphatic carbocycles. The van der Waals surface area contributed by atoms with E-state index in [0.717, 1.165) is 71.3 Å². The molecule has 6 rings (SSSR count). The van der Waals surface area contributed by atoms with Gasteiger partial charge in [0, 0.05) is 36.8 Å². The van der Waals surface area contributed by atoms with Crippen LogP contribution in [0.5, 0.6) is 5.75 Å². The number of hydrogen-bond acceptors (Lipinski definition) is 7. The lowest BCUT2D eigenvalue weighted by molar-refractivity contribution is 0.171. The van der Waals surface area contributed by atoms with Crippen LogP contribution in [0.4, 0.5) is 11.8 Å². The van der Waals surface area contributed by atoms with E-state index in [4.69, 9.17) is 14.7 Å². The molecule has 0 saturated carbocycles. The average molecular weight is 473 g/mol. The van der Waals surface area contributed by atoms with Gasteiger partial charge in [0.1, 0.15) is 23.9 Å². The second-order valence-corrected chi connectivity index (χ2v) is 9.69. The lowest BCUT2D eigenvalue weighted by Gasteiger charge is -2.24. The highest BCUT2D eigenvalue weighted by Gasteiger charge is 2.25. The molecular weight excluding hydrogens is 440 g/mol. The van der Waals surface area contributed by atoms with Gasteiger partial charge in [-0.05, 0) is 57.8 Å². The lowest BCUT2D eigenvalue weighted by atomic mass is 10.1. The highest BCUT2D eigenvalue weighted by Crippen LogP contribution is 2.32. The maximum atomic E-state index is 6.38. The van der Waals surface area contributed by atoms with Crippen LogP contribution < -0.4 is 10.1 Å². The predicted molar refractivity (Wildman–Crippen MR) is 136 cm³/mol. The van der Waals surface area contributed by atoms with Gasteiger partial charge in [-0.1, -0.05) is 12.5 Å². The number of nitrogens with one attached hydrogen (secondary N) is 2. The molecule has 182 valence electrons. The van der Waals surface area contributed by atoms with Crippen molar-refractivity contribution in [2.45, 2.75) is 51.5 Å². The summed E-state index contributed by atoms with van der Waals surface area (Å²) in [5.74, 6) is 3.15. The Labute approximate surface area is 204 Å². The smallest absolute Gasteiger partial charge is 0.206 e. The number of fused-ring (bicyclic) bond motifs is 7. The van der Waals surface area contributed by atoms with Crippen LogP contribution in [0.1, 0.15) is 43.6 Å². The molecule has 0 unspecified atom stereocenters. The number of aryl methyl sites for hydroxylation is 3. The van der Waals surface area contributed by atoms with Crippen molar-refractivity contribution in [3.8, 4) is 17.0 Å². The fourth-order valence-electron chi connectivity index (χ4n) is 5.33. The highest BCUT2D eigenvalue weighted by molar-refractivity contribution is 5.84. The number of aromatic amines is 1. The molecule has 0 spiro atoms. The standard InChI is InChI=1S/C26H32N8O/c1-17-13-24-31-23(28-17)8-4-3-5-11-34-12-6-7-19(34)16-35-22-15-27-33(2)25(22)18-9-10-20-21(14-18)30-26(29-20)32-24/h9-10,13-15,19H,3-8,11-12,16H2,1-2H3,(H2,28,29,30,31,32)/t19-/m1/s1. The van der Waals surface area contributed by atoms with Crippen LogP contribution in [0.25, 0.3) is 22.3 Å². The molecule has 9 nitrogen and oxygen atoms in total. The SMILES string of the molecule is Cc1cc2nc(n1)CCCCCN1CCC[C@@H]1COc1cnn(C)c1-c1ccc3nc([nH]c3c1)N2. The highest BCUT2D eigenvalue weighted by atomic mass is 16.5. The molecule has 35 heavy (non-hydrogen) atoms. The summed E-state index contributed by atoms with van der Waals surface area (Å²) in [6, 6.07) is 8.63. The number of H-pyrrole nitrogens is 1. The Kier molecular flexibility index (Phi) is 5.85. The molecule has 1 fully saturated rings. The number of hydrogen-bond donors (Lipinski definition) is 2. The number of imidazole rings is 1. The summed E-state index contributed by atoms with van der Waals surface area (Å²) in [5.41, 5.74) is 4.81. The molecule has 2 aliphatic rings. The Bertz CT molecular complexity index is 1340. The zero-order valence-electron chi connectivity index (χ0n) is 20.4. The van der Waals surface area contributed by atoms with Gasteiger partial charge >= 0.3 is 0 Å². The maximum absolute atomic E-state index is 6.38. The predicted octanol–water partition coefficient (Wildman–Crippen LogP) is 4.38. The summed E-state index contributed by atoms with van der Waals surface area (Å²) < 4.78 is 8.26. The van der Waals surface area contributed by atoms with Crippen molar-refractivity contribution in [2.24, 2.45) is 7.05 Å². The number of nitrogens with zero attached hydrogens (tertiary/aromatic N) is 6. The van der Waals surface area contributed by atoms with Gasteiger partial charge in [0.2, 0.25) is 5.95 Å². The summed E-state index contributed by atoms with van der Waals surface area (Å²) >= 11 is 0. The van der Waals surface area contributed by atoms with Gasteiger partial charge in [0.25, 0.3) is 0 Å². The number of ether oxygens (including phenoxy) is 1. The van der Waals surface area contributed by atoms with E-state index >= 15 is 0 Å². The van der Waals surface area contributed by atoms with E-state index in [1.54, 1.807) is 0 Å². The molecule has 3 aromatic heterocycles. The third-order valence-electron chi connectivity index (χ3n) is 7.08. The molecule has 1 aromatic carbocycles. The van der Waals surface area contributed by atoms with Crippen molar-refractivity contribution >= 4 is 22.8 Å². The van der Waals surface area contributed by atoms with E-state index in [1.165, 1.54) is 25.7 Å². The molecule has 4 aromatic rings. The average Bonchev–Trinajstić information content (AvgIpc) is 3.54. The quantitative estimate of drug-likeness (QED) is 0.392. The summed E-state index contributed by atoms with van der Waals surface area (Å²) in [7, 11) is 1.96. The van der Waals surface area contributed by atoms with Crippen LogP contribution >= 0.6 is 0 Å². The Balaban J connectivity index is 1.36. The fourth-order valence-corrected chi connectivity index (χ4v) is 5.33. The van der Waals surface area contributed by atoms with Crippen molar-refractivity contribution in [3.63, 3.8) is 0 Å². The largest absolute Gasteiger partial charge is 0.488 e. The molecule has 9 heteroatoms. The summed E-state index contributed by atoms with van der Waals surface area (Å²) in [5, 5.41) is 7.84. The van der Waals surface area contributed by atoms with Crippen molar-refractivity contribution in [2.75, 3.05) is 25.0 Å². The fraction of sp³-hybridized carbons (Fsp3) is 0.462.